The molecule has 4 rings (SSSR count). The number of phenols is 1. The Balaban J connectivity index is 1.79. The molecular weight excluding hydrogens is 434 g/mol. The first-order valence-electron chi connectivity index (χ1n) is 11.0. The Hall–Kier alpha value is -3.21. The minimum atomic E-state index is 0.246. The molecule has 170 valence electrons. The highest BCUT2D eigenvalue weighted by molar-refractivity contribution is 6.29. The number of ether oxygens (including phenoxy) is 1. The van der Waals surface area contributed by atoms with E-state index in [4.69, 9.17) is 20.8 Å². The Bertz CT molecular complexity index is 1250. The van der Waals surface area contributed by atoms with Crippen LogP contribution in [0.5, 0.6) is 11.5 Å². The fourth-order valence-electron chi connectivity index (χ4n) is 3.93. The second-order valence-corrected chi connectivity index (χ2v) is 8.61. The number of hydrogen-bond acceptors (Lipinski definition) is 4. The number of allylic oxidation sites excluding steroid dienone is 1. The Morgan fingerprint density at radius 3 is 2.18 bits per heavy atom. The van der Waals surface area contributed by atoms with E-state index in [9.17, 15) is 5.11 Å². The van der Waals surface area contributed by atoms with E-state index in [2.05, 4.69) is 36.1 Å². The van der Waals surface area contributed by atoms with Gasteiger partial charge in [0.2, 0.25) is 0 Å². The quantitative estimate of drug-likeness (QED) is 0.284. The van der Waals surface area contributed by atoms with Crippen LogP contribution in [0.3, 0.4) is 0 Å². The van der Waals surface area contributed by atoms with E-state index in [1.54, 1.807) is 12.1 Å². The number of likely N-dealkylation sites (N-methyl/N-ethyl adjacent to an activating group) is 1. The smallest absolute Gasteiger partial charge is 0.194 e. The van der Waals surface area contributed by atoms with Gasteiger partial charge in [0.25, 0.3) is 0 Å². The van der Waals surface area contributed by atoms with Crippen molar-refractivity contribution in [3.8, 4) is 11.5 Å². The number of fused-ring (bicyclic) bond motifs is 1. The van der Waals surface area contributed by atoms with Gasteiger partial charge in [0.1, 0.15) is 23.7 Å². The molecule has 0 spiro atoms. The normalized spacial score (nSPS) is 12.3. The van der Waals surface area contributed by atoms with Crippen LogP contribution in [0.1, 0.15) is 30.0 Å². The van der Waals surface area contributed by atoms with Crippen molar-refractivity contribution in [2.45, 2.75) is 13.3 Å². The molecular formula is C28H28ClNO3. The first-order chi connectivity index (χ1) is 15.9. The fourth-order valence-corrected chi connectivity index (χ4v) is 4.13. The molecule has 1 N–H and O–H groups in total. The zero-order chi connectivity index (χ0) is 23.4. The first kappa shape index (κ1) is 23.0. The predicted molar refractivity (Wildman–Crippen MR) is 136 cm³/mol. The van der Waals surface area contributed by atoms with Crippen LogP contribution in [-0.2, 0) is 0 Å². The topological polar surface area (TPSA) is 45.8 Å². The monoisotopic (exact) mass is 461 g/mol. The van der Waals surface area contributed by atoms with Gasteiger partial charge in [-0.25, -0.2) is 0 Å². The molecule has 0 radical (unpaired) electrons. The van der Waals surface area contributed by atoms with Crippen LogP contribution in [0.4, 0.5) is 0 Å². The lowest BCUT2D eigenvalue weighted by Gasteiger charge is -2.17. The molecule has 0 fully saturated rings. The third kappa shape index (κ3) is 5.41. The molecule has 3 aromatic carbocycles. The van der Waals surface area contributed by atoms with E-state index in [0.717, 1.165) is 51.9 Å². The fraction of sp³-hybridized carbons (Fsp3) is 0.214. The molecule has 0 bridgehead atoms. The highest BCUT2D eigenvalue weighted by atomic mass is 35.5. The van der Waals surface area contributed by atoms with E-state index in [1.807, 2.05) is 50.5 Å². The van der Waals surface area contributed by atoms with Gasteiger partial charge in [0.05, 0.1) is 0 Å². The molecule has 0 aliphatic carbocycles. The number of furan rings is 1. The predicted octanol–water partition coefficient (Wildman–Crippen LogP) is 7.10. The number of benzene rings is 3. The lowest BCUT2D eigenvalue weighted by atomic mass is 9.88. The molecule has 1 heterocycles. The lowest BCUT2D eigenvalue weighted by molar-refractivity contribution is 0.261. The average molecular weight is 462 g/mol. The summed E-state index contributed by atoms with van der Waals surface area (Å²) >= 11 is 6.07. The molecule has 5 heteroatoms. The van der Waals surface area contributed by atoms with Gasteiger partial charge in [-0.15, -0.1) is 0 Å². The summed E-state index contributed by atoms with van der Waals surface area (Å²) in [5.41, 5.74) is 6.31. The zero-order valence-electron chi connectivity index (χ0n) is 19.1. The maximum Gasteiger partial charge on any atom is 0.194 e. The van der Waals surface area contributed by atoms with Gasteiger partial charge in [-0.2, -0.15) is 0 Å². The molecule has 4 nitrogen and oxygen atoms in total. The number of nitrogens with zero attached hydrogens (tertiary/aromatic N) is 1. The van der Waals surface area contributed by atoms with Crippen LogP contribution in [0, 0.1) is 0 Å². The van der Waals surface area contributed by atoms with Crippen molar-refractivity contribution in [2.24, 2.45) is 0 Å². The standard InChI is InChI=1S/C28H28ClNO3/c1-4-25(21-9-14-26-22(17-21)18-27(29)33-26)28(19-5-10-23(31)11-6-19)20-7-12-24(13-8-20)32-16-15-30(2)3/h5-14,17-18,31H,4,15-16H2,1-3H3/b28-25+. The largest absolute Gasteiger partial charge is 0.508 e. The molecule has 0 atom stereocenters. The Morgan fingerprint density at radius 2 is 1.55 bits per heavy atom. The molecule has 0 saturated heterocycles. The maximum absolute atomic E-state index is 9.84. The summed E-state index contributed by atoms with van der Waals surface area (Å²) in [5, 5.41) is 11.2. The van der Waals surface area contributed by atoms with Gasteiger partial charge in [-0.05, 0) is 96.4 Å². The first-order valence-corrected chi connectivity index (χ1v) is 11.4. The zero-order valence-corrected chi connectivity index (χ0v) is 19.9. The molecule has 1 aromatic heterocycles. The van der Waals surface area contributed by atoms with Gasteiger partial charge in [-0.1, -0.05) is 37.3 Å². The van der Waals surface area contributed by atoms with E-state index >= 15 is 0 Å². The van der Waals surface area contributed by atoms with Crippen molar-refractivity contribution in [1.29, 1.82) is 0 Å². The highest BCUT2D eigenvalue weighted by Crippen LogP contribution is 2.37. The van der Waals surface area contributed by atoms with E-state index < -0.39 is 0 Å². The minimum absolute atomic E-state index is 0.246. The van der Waals surface area contributed by atoms with Crippen molar-refractivity contribution < 1.29 is 14.3 Å². The Kier molecular flexibility index (Phi) is 7.07. The molecule has 0 aliphatic heterocycles. The van der Waals surface area contributed by atoms with Gasteiger partial charge in [0.15, 0.2) is 5.22 Å². The number of phenolic OH excluding ortho intramolecular Hbond substituents is 1. The second-order valence-electron chi connectivity index (χ2n) is 8.23. The summed E-state index contributed by atoms with van der Waals surface area (Å²) in [6, 6.07) is 23.5. The van der Waals surface area contributed by atoms with Crippen LogP contribution < -0.4 is 4.74 Å². The van der Waals surface area contributed by atoms with Gasteiger partial charge < -0.3 is 19.2 Å². The van der Waals surface area contributed by atoms with Crippen molar-refractivity contribution in [3.63, 3.8) is 0 Å². The second kappa shape index (κ2) is 10.2. The van der Waals surface area contributed by atoms with E-state index in [0.29, 0.717) is 11.8 Å². The SMILES string of the molecule is CC/C(=C(/c1ccc(O)cc1)c1ccc(OCCN(C)C)cc1)c1ccc2oc(Cl)cc2c1. The lowest BCUT2D eigenvalue weighted by Crippen LogP contribution is -2.19. The van der Waals surface area contributed by atoms with Gasteiger partial charge in [-0.3, -0.25) is 0 Å². The van der Waals surface area contributed by atoms with Crippen molar-refractivity contribution in [3.05, 3.63) is 94.7 Å². The summed E-state index contributed by atoms with van der Waals surface area (Å²) in [7, 11) is 4.06. The summed E-state index contributed by atoms with van der Waals surface area (Å²) in [6.45, 7) is 3.66. The van der Waals surface area contributed by atoms with Crippen molar-refractivity contribution in [1.82, 2.24) is 4.90 Å². The van der Waals surface area contributed by atoms with Crippen LogP contribution in [-0.4, -0.2) is 37.3 Å². The molecule has 0 amide bonds. The van der Waals surface area contributed by atoms with E-state index in [1.165, 1.54) is 5.57 Å². The van der Waals surface area contributed by atoms with E-state index in [-0.39, 0.29) is 5.75 Å². The maximum atomic E-state index is 9.84. The van der Waals surface area contributed by atoms with Crippen LogP contribution in [0.2, 0.25) is 5.22 Å². The summed E-state index contributed by atoms with van der Waals surface area (Å²) in [6.07, 6.45) is 0.828. The molecule has 0 aliphatic rings. The number of rotatable bonds is 8. The molecule has 0 saturated carbocycles. The summed E-state index contributed by atoms with van der Waals surface area (Å²) in [4.78, 5) is 2.09. The molecule has 4 aromatic rings. The minimum Gasteiger partial charge on any atom is -0.508 e. The third-order valence-electron chi connectivity index (χ3n) is 5.60. The molecule has 33 heavy (non-hydrogen) atoms. The average Bonchev–Trinajstić information content (AvgIpc) is 3.18. The Morgan fingerprint density at radius 1 is 0.909 bits per heavy atom. The van der Waals surface area contributed by atoms with Crippen molar-refractivity contribution in [2.75, 3.05) is 27.2 Å². The number of hydrogen-bond donors (Lipinski definition) is 1. The highest BCUT2D eigenvalue weighted by Gasteiger charge is 2.15. The number of halogens is 1. The van der Waals surface area contributed by atoms with Gasteiger partial charge >= 0.3 is 0 Å². The van der Waals surface area contributed by atoms with Crippen LogP contribution in [0.25, 0.3) is 22.1 Å². The molecule has 0 unspecified atom stereocenters. The number of aromatic hydroxyl groups is 1. The van der Waals surface area contributed by atoms with Crippen LogP contribution >= 0.6 is 11.6 Å². The Labute approximate surface area is 199 Å². The summed E-state index contributed by atoms with van der Waals surface area (Å²) < 4.78 is 11.4. The summed E-state index contributed by atoms with van der Waals surface area (Å²) in [5.74, 6) is 1.09. The van der Waals surface area contributed by atoms with Crippen molar-refractivity contribution >= 4 is 33.7 Å². The third-order valence-corrected chi connectivity index (χ3v) is 5.78. The van der Waals surface area contributed by atoms with Gasteiger partial charge in [0, 0.05) is 18.0 Å². The van der Waals surface area contributed by atoms with Crippen LogP contribution in [0.15, 0.2) is 77.2 Å².